The molecule has 146 valence electrons. The number of hydrogen-bond acceptors (Lipinski definition) is 4. The zero-order valence-corrected chi connectivity index (χ0v) is 16.7. The Kier molecular flexibility index (Phi) is 5.53. The van der Waals surface area contributed by atoms with E-state index in [1.807, 2.05) is 66.7 Å². The van der Waals surface area contributed by atoms with E-state index in [1.54, 1.807) is 35.9 Å². The Morgan fingerprint density at radius 2 is 1.79 bits per heavy atom. The lowest BCUT2D eigenvalue weighted by atomic mass is 10.1. The van der Waals surface area contributed by atoms with E-state index in [0.29, 0.717) is 22.8 Å². The Labute approximate surface area is 173 Å². The maximum absolute atomic E-state index is 12.5. The molecular formula is C23H20N2O3S. The van der Waals surface area contributed by atoms with Crippen molar-refractivity contribution in [3.05, 3.63) is 90.0 Å². The molecule has 0 radical (unpaired) electrons. The smallest absolute Gasteiger partial charge is 0.255 e. The fourth-order valence-corrected chi connectivity index (χ4v) is 4.41. The van der Waals surface area contributed by atoms with Crippen molar-refractivity contribution in [2.24, 2.45) is 0 Å². The average Bonchev–Trinajstić information content (AvgIpc) is 3.16. The van der Waals surface area contributed by atoms with Gasteiger partial charge in [0.25, 0.3) is 5.91 Å². The van der Waals surface area contributed by atoms with Crippen molar-refractivity contribution < 1.29 is 14.3 Å². The molecule has 0 bridgehead atoms. The zero-order valence-electron chi connectivity index (χ0n) is 15.9. The van der Waals surface area contributed by atoms with E-state index in [2.05, 4.69) is 5.32 Å². The van der Waals surface area contributed by atoms with E-state index in [4.69, 9.17) is 4.74 Å². The van der Waals surface area contributed by atoms with Gasteiger partial charge in [-0.25, -0.2) is 0 Å². The first-order chi connectivity index (χ1) is 14.2. The Balaban J connectivity index is 1.53. The van der Waals surface area contributed by atoms with Crippen LogP contribution < -0.4 is 15.0 Å². The van der Waals surface area contributed by atoms with E-state index in [1.165, 1.54) is 0 Å². The van der Waals surface area contributed by atoms with Gasteiger partial charge in [-0.05, 0) is 42.0 Å². The number of nitrogens with one attached hydrogen (secondary N) is 1. The van der Waals surface area contributed by atoms with Crippen LogP contribution in [0.15, 0.2) is 78.9 Å². The maximum atomic E-state index is 12.5. The number of methoxy groups -OCH3 is 1. The second kappa shape index (κ2) is 8.41. The monoisotopic (exact) mass is 404 g/mol. The molecule has 0 unspecified atom stereocenters. The molecule has 3 aromatic rings. The topological polar surface area (TPSA) is 58.6 Å². The van der Waals surface area contributed by atoms with Crippen molar-refractivity contribution in [2.45, 2.75) is 5.37 Å². The molecule has 0 saturated carbocycles. The molecule has 29 heavy (non-hydrogen) atoms. The number of rotatable bonds is 5. The molecule has 4 rings (SSSR count). The molecule has 1 saturated heterocycles. The van der Waals surface area contributed by atoms with Gasteiger partial charge in [0, 0.05) is 23.0 Å². The number of thioether (sulfide) groups is 1. The molecule has 1 N–H and O–H groups in total. The number of hydrogen-bond donors (Lipinski definition) is 1. The minimum Gasteiger partial charge on any atom is -0.497 e. The summed E-state index contributed by atoms with van der Waals surface area (Å²) in [5.74, 6) is 1.05. The molecular weight excluding hydrogens is 384 g/mol. The lowest BCUT2D eigenvalue weighted by Gasteiger charge is -2.25. The number of benzene rings is 3. The van der Waals surface area contributed by atoms with Gasteiger partial charge in [-0.15, -0.1) is 11.8 Å². The molecule has 2 amide bonds. The molecule has 1 aliphatic heterocycles. The van der Waals surface area contributed by atoms with Gasteiger partial charge < -0.3 is 10.1 Å². The zero-order chi connectivity index (χ0) is 20.2. The van der Waals surface area contributed by atoms with Crippen LogP contribution in [0.25, 0.3) is 0 Å². The highest BCUT2D eigenvalue weighted by Gasteiger charge is 2.34. The Bertz CT molecular complexity index is 1020. The van der Waals surface area contributed by atoms with E-state index < -0.39 is 0 Å². The predicted molar refractivity (Wildman–Crippen MR) is 117 cm³/mol. The second-order valence-electron chi connectivity index (χ2n) is 6.57. The van der Waals surface area contributed by atoms with Crippen molar-refractivity contribution in [3.63, 3.8) is 0 Å². The third-order valence-corrected chi connectivity index (χ3v) is 5.90. The molecule has 0 aromatic heterocycles. The van der Waals surface area contributed by atoms with Crippen LogP contribution in [0, 0.1) is 0 Å². The quantitative estimate of drug-likeness (QED) is 0.668. The van der Waals surface area contributed by atoms with E-state index >= 15 is 0 Å². The Morgan fingerprint density at radius 3 is 2.52 bits per heavy atom. The molecule has 3 aromatic carbocycles. The number of carbonyl (C=O) groups is 2. The summed E-state index contributed by atoms with van der Waals surface area (Å²) < 4.78 is 5.29. The first-order valence-electron chi connectivity index (χ1n) is 9.20. The standard InChI is InChI=1S/C23H20N2O3S/c1-28-20-9-5-8-19(14-20)25-21(26)15-29-23(25)17-10-12-18(13-11-17)24-22(27)16-6-3-2-4-7-16/h2-14,23H,15H2,1H3,(H,24,27)/t23-/m1/s1. The highest BCUT2D eigenvalue weighted by atomic mass is 32.2. The van der Waals surface area contributed by atoms with E-state index in [9.17, 15) is 9.59 Å². The van der Waals surface area contributed by atoms with Crippen molar-refractivity contribution >= 4 is 35.0 Å². The van der Waals surface area contributed by atoms with E-state index in [-0.39, 0.29) is 17.2 Å². The Hall–Kier alpha value is -3.25. The summed E-state index contributed by atoms with van der Waals surface area (Å²) >= 11 is 1.58. The van der Waals surface area contributed by atoms with Gasteiger partial charge in [0.1, 0.15) is 11.1 Å². The molecule has 1 fully saturated rings. The summed E-state index contributed by atoms with van der Waals surface area (Å²) in [6, 6.07) is 24.2. The van der Waals surface area contributed by atoms with Gasteiger partial charge >= 0.3 is 0 Å². The summed E-state index contributed by atoms with van der Waals surface area (Å²) in [4.78, 5) is 26.6. The average molecular weight is 404 g/mol. The Morgan fingerprint density at radius 1 is 1.03 bits per heavy atom. The van der Waals surface area contributed by atoms with Gasteiger partial charge in [-0.1, -0.05) is 36.4 Å². The molecule has 1 atom stereocenters. The lowest BCUT2D eigenvalue weighted by molar-refractivity contribution is -0.115. The van der Waals surface area contributed by atoms with Crippen LogP contribution in [0.1, 0.15) is 21.3 Å². The van der Waals surface area contributed by atoms with Crippen LogP contribution in [-0.4, -0.2) is 24.7 Å². The molecule has 0 spiro atoms. The summed E-state index contributed by atoms with van der Waals surface area (Å²) in [7, 11) is 1.61. The fraction of sp³-hybridized carbons (Fsp3) is 0.130. The van der Waals surface area contributed by atoms with Crippen LogP contribution in [0.2, 0.25) is 0 Å². The first-order valence-corrected chi connectivity index (χ1v) is 10.2. The number of amides is 2. The summed E-state index contributed by atoms with van der Waals surface area (Å²) in [6.45, 7) is 0. The normalized spacial score (nSPS) is 16.0. The van der Waals surface area contributed by atoms with Crippen molar-refractivity contribution in [1.29, 1.82) is 0 Å². The minimum absolute atomic E-state index is 0.0645. The maximum Gasteiger partial charge on any atom is 0.255 e. The van der Waals surface area contributed by atoms with Crippen LogP contribution in [-0.2, 0) is 4.79 Å². The summed E-state index contributed by atoms with van der Waals surface area (Å²) in [6.07, 6.45) is 0. The lowest BCUT2D eigenvalue weighted by Crippen LogP contribution is -2.27. The highest BCUT2D eigenvalue weighted by Crippen LogP contribution is 2.42. The highest BCUT2D eigenvalue weighted by molar-refractivity contribution is 8.00. The van der Waals surface area contributed by atoms with Crippen LogP contribution >= 0.6 is 11.8 Å². The number of anilines is 2. The van der Waals surface area contributed by atoms with Crippen LogP contribution in [0.5, 0.6) is 5.75 Å². The second-order valence-corrected chi connectivity index (χ2v) is 7.64. The number of carbonyl (C=O) groups excluding carboxylic acids is 2. The summed E-state index contributed by atoms with van der Waals surface area (Å²) in [5, 5.41) is 2.78. The summed E-state index contributed by atoms with van der Waals surface area (Å²) in [5.41, 5.74) is 3.13. The van der Waals surface area contributed by atoms with Gasteiger partial charge in [0.2, 0.25) is 5.91 Å². The third-order valence-electron chi connectivity index (χ3n) is 4.69. The first kappa shape index (κ1) is 19.1. The van der Waals surface area contributed by atoms with Crippen LogP contribution in [0.4, 0.5) is 11.4 Å². The fourth-order valence-electron chi connectivity index (χ4n) is 3.23. The van der Waals surface area contributed by atoms with Crippen LogP contribution in [0.3, 0.4) is 0 Å². The van der Waals surface area contributed by atoms with Crippen molar-refractivity contribution in [3.8, 4) is 5.75 Å². The third kappa shape index (κ3) is 4.12. The van der Waals surface area contributed by atoms with Gasteiger partial charge in [-0.2, -0.15) is 0 Å². The molecule has 1 aliphatic rings. The SMILES string of the molecule is COc1cccc(N2C(=O)CS[C@@H]2c2ccc(NC(=O)c3ccccc3)cc2)c1. The predicted octanol–water partition coefficient (Wildman–Crippen LogP) is 4.73. The number of ether oxygens (including phenoxy) is 1. The van der Waals surface area contributed by atoms with Gasteiger partial charge in [0.15, 0.2) is 0 Å². The molecule has 0 aliphatic carbocycles. The van der Waals surface area contributed by atoms with Gasteiger partial charge in [-0.3, -0.25) is 14.5 Å². The largest absolute Gasteiger partial charge is 0.497 e. The molecule has 6 heteroatoms. The van der Waals surface area contributed by atoms with Gasteiger partial charge in [0.05, 0.1) is 12.9 Å². The molecule has 1 heterocycles. The van der Waals surface area contributed by atoms with Crippen molar-refractivity contribution in [2.75, 3.05) is 23.1 Å². The minimum atomic E-state index is -0.151. The molecule has 5 nitrogen and oxygen atoms in total. The van der Waals surface area contributed by atoms with E-state index in [0.717, 1.165) is 11.3 Å². The van der Waals surface area contributed by atoms with Crippen molar-refractivity contribution in [1.82, 2.24) is 0 Å². The number of nitrogens with zero attached hydrogens (tertiary/aromatic N) is 1.